The Balaban J connectivity index is 1.94. The molecular weight excluding hydrogens is 444 g/mol. The zero-order valence-corrected chi connectivity index (χ0v) is 20.4. The number of amides is 1. The van der Waals surface area contributed by atoms with Gasteiger partial charge in [-0.05, 0) is 61.4 Å². The van der Waals surface area contributed by atoms with Crippen LogP contribution in [0.3, 0.4) is 0 Å². The van der Waals surface area contributed by atoms with Gasteiger partial charge in [0.25, 0.3) is 5.91 Å². The predicted molar refractivity (Wildman–Crippen MR) is 127 cm³/mol. The molecule has 1 N–H and O–H groups in total. The van der Waals surface area contributed by atoms with Crippen LogP contribution in [0.25, 0.3) is 0 Å². The molecule has 0 saturated heterocycles. The molecule has 0 aliphatic rings. The highest BCUT2D eigenvalue weighted by molar-refractivity contribution is 7.89. The second-order valence-corrected chi connectivity index (χ2v) is 9.36. The topological polar surface area (TPSA) is 102 Å². The first-order valence-corrected chi connectivity index (χ1v) is 12.5. The summed E-state index contributed by atoms with van der Waals surface area (Å²) in [5.41, 5.74) is 1.55. The molecule has 0 fully saturated rings. The van der Waals surface area contributed by atoms with E-state index in [2.05, 4.69) is 5.32 Å². The van der Waals surface area contributed by atoms with Crippen molar-refractivity contribution in [3.63, 3.8) is 0 Å². The number of aryl methyl sites for hydroxylation is 1. The minimum Gasteiger partial charge on any atom is -0.483 e. The number of unbranched alkanes of at least 4 members (excludes halogenated alkanes) is 1. The first kappa shape index (κ1) is 26.3. The molecule has 2 aromatic rings. The minimum absolute atomic E-state index is 0.189. The predicted octanol–water partition coefficient (Wildman–Crippen LogP) is 4.00. The summed E-state index contributed by atoms with van der Waals surface area (Å²) in [6, 6.07) is 11.0. The van der Waals surface area contributed by atoms with Gasteiger partial charge in [0.05, 0.1) is 17.1 Å². The third kappa shape index (κ3) is 7.30. The van der Waals surface area contributed by atoms with E-state index >= 15 is 0 Å². The van der Waals surface area contributed by atoms with Crippen molar-refractivity contribution in [2.24, 2.45) is 0 Å². The van der Waals surface area contributed by atoms with E-state index in [4.69, 9.17) is 9.47 Å². The van der Waals surface area contributed by atoms with Crippen molar-refractivity contribution in [1.29, 1.82) is 0 Å². The van der Waals surface area contributed by atoms with Crippen LogP contribution in [0.15, 0.2) is 47.4 Å². The number of sulfonamides is 1. The number of benzene rings is 2. The summed E-state index contributed by atoms with van der Waals surface area (Å²) < 4.78 is 37.4. The largest absolute Gasteiger partial charge is 0.483 e. The Morgan fingerprint density at radius 2 is 1.67 bits per heavy atom. The number of anilines is 1. The van der Waals surface area contributed by atoms with Crippen LogP contribution in [0.5, 0.6) is 5.75 Å². The molecule has 0 aliphatic carbocycles. The quantitative estimate of drug-likeness (QED) is 0.367. The lowest BCUT2D eigenvalue weighted by molar-refractivity contribution is -0.118. The van der Waals surface area contributed by atoms with E-state index in [0.717, 1.165) is 12.8 Å². The molecule has 2 aromatic carbocycles. The normalized spacial score (nSPS) is 11.3. The molecule has 180 valence electrons. The van der Waals surface area contributed by atoms with E-state index in [-0.39, 0.29) is 17.4 Å². The van der Waals surface area contributed by atoms with E-state index in [1.807, 2.05) is 6.92 Å². The first-order valence-electron chi connectivity index (χ1n) is 11.0. The smallest absolute Gasteiger partial charge is 0.338 e. The van der Waals surface area contributed by atoms with Gasteiger partial charge in [-0.15, -0.1) is 0 Å². The zero-order chi connectivity index (χ0) is 24.4. The number of hydrogen-bond donors (Lipinski definition) is 1. The van der Waals surface area contributed by atoms with Gasteiger partial charge in [0.2, 0.25) is 10.0 Å². The van der Waals surface area contributed by atoms with E-state index in [1.54, 1.807) is 57.2 Å². The Morgan fingerprint density at radius 1 is 1.00 bits per heavy atom. The summed E-state index contributed by atoms with van der Waals surface area (Å²) in [5.74, 6) is -0.354. The lowest BCUT2D eigenvalue weighted by Gasteiger charge is -2.19. The molecule has 9 heteroatoms. The van der Waals surface area contributed by atoms with Crippen molar-refractivity contribution < 1.29 is 27.5 Å². The molecule has 8 nitrogen and oxygen atoms in total. The highest BCUT2D eigenvalue weighted by Crippen LogP contribution is 2.24. The lowest BCUT2D eigenvalue weighted by Crippen LogP contribution is -2.30. The number of carbonyl (C=O) groups is 2. The maximum Gasteiger partial charge on any atom is 0.338 e. The highest BCUT2D eigenvalue weighted by atomic mass is 32.2. The standard InChI is InChI=1S/C24H32N2O6S/c1-5-8-15-31-24(28)19-9-11-20(12-10-19)25-23(27)17-32-22-14-13-21(16-18(22)4)33(29,30)26(6-2)7-3/h9-14,16H,5-8,15,17H2,1-4H3,(H,25,27). The van der Waals surface area contributed by atoms with Crippen molar-refractivity contribution in [1.82, 2.24) is 4.31 Å². The van der Waals surface area contributed by atoms with Crippen molar-refractivity contribution in [3.8, 4) is 5.75 Å². The second-order valence-electron chi connectivity index (χ2n) is 7.42. The van der Waals surface area contributed by atoms with Crippen LogP contribution in [0.1, 0.15) is 49.5 Å². The fourth-order valence-electron chi connectivity index (χ4n) is 3.08. The first-order chi connectivity index (χ1) is 15.7. The van der Waals surface area contributed by atoms with Gasteiger partial charge in [0, 0.05) is 18.8 Å². The maximum absolute atomic E-state index is 12.7. The molecule has 0 heterocycles. The summed E-state index contributed by atoms with van der Waals surface area (Å²) in [4.78, 5) is 24.4. The Labute approximate surface area is 195 Å². The molecule has 0 radical (unpaired) electrons. The molecule has 33 heavy (non-hydrogen) atoms. The molecule has 0 unspecified atom stereocenters. The van der Waals surface area contributed by atoms with Gasteiger partial charge < -0.3 is 14.8 Å². The highest BCUT2D eigenvalue weighted by Gasteiger charge is 2.22. The summed E-state index contributed by atoms with van der Waals surface area (Å²) in [5, 5.41) is 2.70. The fraction of sp³-hybridized carbons (Fsp3) is 0.417. The average Bonchev–Trinajstić information content (AvgIpc) is 2.79. The van der Waals surface area contributed by atoms with Gasteiger partial charge in [-0.3, -0.25) is 4.79 Å². The molecule has 2 rings (SSSR count). The maximum atomic E-state index is 12.7. The molecule has 0 aliphatic heterocycles. The van der Waals surface area contributed by atoms with Crippen LogP contribution in [0.4, 0.5) is 5.69 Å². The third-order valence-corrected chi connectivity index (χ3v) is 7.03. The molecule has 0 bridgehead atoms. The number of nitrogens with zero attached hydrogens (tertiary/aromatic N) is 1. The van der Waals surface area contributed by atoms with Gasteiger partial charge in [-0.2, -0.15) is 4.31 Å². The van der Waals surface area contributed by atoms with Crippen molar-refractivity contribution in [2.45, 2.75) is 45.4 Å². The number of nitrogens with one attached hydrogen (secondary N) is 1. The number of esters is 1. The summed E-state index contributed by atoms with van der Waals surface area (Å²) in [7, 11) is -3.56. The monoisotopic (exact) mass is 476 g/mol. The molecule has 0 aromatic heterocycles. The van der Waals surface area contributed by atoms with Crippen LogP contribution in [-0.2, 0) is 19.6 Å². The van der Waals surface area contributed by atoms with Crippen LogP contribution in [0, 0.1) is 6.92 Å². The van der Waals surface area contributed by atoms with Gasteiger partial charge in [0.1, 0.15) is 5.75 Å². The van der Waals surface area contributed by atoms with Gasteiger partial charge in [-0.1, -0.05) is 27.2 Å². The Kier molecular flexibility index (Phi) is 9.87. The minimum atomic E-state index is -3.56. The molecule has 0 atom stereocenters. The number of hydrogen-bond acceptors (Lipinski definition) is 6. The van der Waals surface area contributed by atoms with Gasteiger partial charge in [-0.25, -0.2) is 13.2 Å². The van der Waals surface area contributed by atoms with Crippen LogP contribution in [-0.4, -0.2) is 50.9 Å². The number of ether oxygens (including phenoxy) is 2. The summed E-state index contributed by atoms with van der Waals surface area (Å²) in [6.45, 7) is 8.23. The Hall–Kier alpha value is -2.91. The van der Waals surface area contributed by atoms with Crippen LogP contribution >= 0.6 is 0 Å². The molecule has 1 amide bonds. The Bertz CT molecular complexity index is 1050. The number of carbonyl (C=O) groups excluding carboxylic acids is 2. The summed E-state index contributed by atoms with van der Waals surface area (Å²) >= 11 is 0. The lowest BCUT2D eigenvalue weighted by atomic mass is 10.2. The summed E-state index contributed by atoms with van der Waals surface area (Å²) in [6.07, 6.45) is 1.76. The van der Waals surface area contributed by atoms with E-state index in [0.29, 0.717) is 42.3 Å². The Morgan fingerprint density at radius 3 is 2.24 bits per heavy atom. The van der Waals surface area contributed by atoms with Gasteiger partial charge >= 0.3 is 5.97 Å². The van der Waals surface area contributed by atoms with E-state index in [1.165, 1.54) is 10.4 Å². The van der Waals surface area contributed by atoms with Crippen molar-refractivity contribution >= 4 is 27.6 Å². The molecular formula is C24H32N2O6S. The SMILES string of the molecule is CCCCOC(=O)c1ccc(NC(=O)COc2ccc(S(=O)(=O)N(CC)CC)cc2C)cc1. The average molecular weight is 477 g/mol. The van der Waals surface area contributed by atoms with Gasteiger partial charge in [0.15, 0.2) is 6.61 Å². The zero-order valence-electron chi connectivity index (χ0n) is 19.6. The fourth-order valence-corrected chi connectivity index (χ4v) is 4.62. The number of rotatable bonds is 12. The molecule has 0 saturated carbocycles. The van der Waals surface area contributed by atoms with Crippen LogP contribution in [0.2, 0.25) is 0 Å². The van der Waals surface area contributed by atoms with E-state index < -0.39 is 16.0 Å². The van der Waals surface area contributed by atoms with Crippen molar-refractivity contribution in [2.75, 3.05) is 31.6 Å². The molecule has 0 spiro atoms. The van der Waals surface area contributed by atoms with E-state index in [9.17, 15) is 18.0 Å². The van der Waals surface area contributed by atoms with Crippen molar-refractivity contribution in [3.05, 3.63) is 53.6 Å². The van der Waals surface area contributed by atoms with Crippen LogP contribution < -0.4 is 10.1 Å². The second kappa shape index (κ2) is 12.4. The third-order valence-electron chi connectivity index (χ3n) is 4.98.